The molecule has 1 atom stereocenters. The van der Waals surface area contributed by atoms with E-state index < -0.39 is 0 Å². The van der Waals surface area contributed by atoms with E-state index in [4.69, 9.17) is 18.0 Å². The first-order valence-corrected chi connectivity index (χ1v) is 6.67. The maximum Gasteiger partial charge on any atom is 0.124 e. The second-order valence-corrected chi connectivity index (χ2v) is 5.35. The molecule has 0 aromatic heterocycles. The molecule has 3 N–H and O–H groups in total. The quantitative estimate of drug-likeness (QED) is 0.814. The van der Waals surface area contributed by atoms with Crippen molar-refractivity contribution in [1.29, 1.82) is 0 Å². The maximum absolute atomic E-state index is 13.1. The Balaban J connectivity index is 2.21. The van der Waals surface area contributed by atoms with Crippen molar-refractivity contribution in [2.24, 2.45) is 5.73 Å². The summed E-state index contributed by atoms with van der Waals surface area (Å²) in [5.74, 6) is 1.93. The van der Waals surface area contributed by atoms with Gasteiger partial charge in [-0.05, 0) is 30.4 Å². The highest BCUT2D eigenvalue weighted by Crippen LogP contribution is 2.24. The summed E-state index contributed by atoms with van der Waals surface area (Å²) in [5.41, 5.74) is 7.00. The molecule has 2 nitrogen and oxygen atoms in total. The zero-order chi connectivity index (χ0) is 11.5. The van der Waals surface area contributed by atoms with Crippen LogP contribution in [0.15, 0.2) is 18.2 Å². The van der Waals surface area contributed by atoms with Crippen molar-refractivity contribution in [1.82, 2.24) is 0 Å². The minimum absolute atomic E-state index is 0.229. The van der Waals surface area contributed by atoms with Crippen molar-refractivity contribution >= 4 is 34.7 Å². The molecule has 1 saturated heterocycles. The van der Waals surface area contributed by atoms with Crippen LogP contribution in [0.2, 0.25) is 0 Å². The van der Waals surface area contributed by atoms with Crippen LogP contribution in [0.3, 0.4) is 0 Å². The van der Waals surface area contributed by atoms with Crippen LogP contribution >= 0.6 is 24.0 Å². The van der Waals surface area contributed by atoms with Gasteiger partial charge >= 0.3 is 0 Å². The molecule has 0 radical (unpaired) electrons. The van der Waals surface area contributed by atoms with Crippen molar-refractivity contribution in [2.45, 2.75) is 12.5 Å². The monoisotopic (exact) mass is 256 g/mol. The summed E-state index contributed by atoms with van der Waals surface area (Å²) in [6.07, 6.45) is 1.12. The number of halogens is 1. The number of benzene rings is 1. The Labute approximate surface area is 104 Å². The molecule has 5 heteroatoms. The predicted molar refractivity (Wildman–Crippen MR) is 71.6 cm³/mol. The summed E-state index contributed by atoms with van der Waals surface area (Å²) < 4.78 is 13.1. The number of hydrogen-bond acceptors (Lipinski definition) is 3. The van der Waals surface area contributed by atoms with Gasteiger partial charge in [-0.25, -0.2) is 4.39 Å². The average molecular weight is 256 g/mol. The van der Waals surface area contributed by atoms with Crippen LogP contribution in [-0.2, 0) is 0 Å². The zero-order valence-corrected chi connectivity index (χ0v) is 10.3. The van der Waals surface area contributed by atoms with Crippen LogP contribution in [0.25, 0.3) is 0 Å². The number of hydrogen-bond donors (Lipinski definition) is 2. The van der Waals surface area contributed by atoms with Crippen molar-refractivity contribution < 1.29 is 4.39 Å². The van der Waals surface area contributed by atoms with Gasteiger partial charge < -0.3 is 11.1 Å². The van der Waals surface area contributed by atoms with Crippen LogP contribution in [0, 0.1) is 5.82 Å². The third kappa shape index (κ3) is 2.65. The van der Waals surface area contributed by atoms with Gasteiger partial charge in [0.1, 0.15) is 10.8 Å². The van der Waals surface area contributed by atoms with E-state index in [0.29, 0.717) is 11.6 Å². The third-order valence-corrected chi connectivity index (χ3v) is 3.92. The fourth-order valence-corrected chi connectivity index (χ4v) is 3.04. The minimum atomic E-state index is -0.311. The highest BCUT2D eigenvalue weighted by atomic mass is 32.2. The van der Waals surface area contributed by atoms with Gasteiger partial charge in [0.05, 0.1) is 0 Å². The molecule has 0 aliphatic carbocycles. The summed E-state index contributed by atoms with van der Waals surface area (Å²) in [4.78, 5) is 0.229. The Morgan fingerprint density at radius 1 is 1.56 bits per heavy atom. The van der Waals surface area contributed by atoms with Crippen molar-refractivity contribution in [3.63, 3.8) is 0 Å². The van der Waals surface area contributed by atoms with Crippen LogP contribution in [0.1, 0.15) is 12.0 Å². The van der Waals surface area contributed by atoms with Crippen molar-refractivity contribution in [3.8, 4) is 0 Å². The molecule has 86 valence electrons. The van der Waals surface area contributed by atoms with Gasteiger partial charge in [-0.2, -0.15) is 11.8 Å². The molecular formula is C11H13FN2S2. The van der Waals surface area contributed by atoms with Gasteiger partial charge in [-0.1, -0.05) is 12.2 Å². The molecule has 1 unspecified atom stereocenters. The Hall–Kier alpha value is -0.810. The van der Waals surface area contributed by atoms with Gasteiger partial charge in [0.25, 0.3) is 0 Å². The smallest absolute Gasteiger partial charge is 0.124 e. The maximum atomic E-state index is 13.1. The standard InChI is InChI=1S/C11H13FN2S2/c12-7-1-2-10(9(5-7)11(13)15)14-8-3-4-16-6-8/h1-2,5,8,14H,3-4,6H2,(H2,13,15). The van der Waals surface area contributed by atoms with Crippen molar-refractivity contribution in [2.75, 3.05) is 16.8 Å². The topological polar surface area (TPSA) is 38.0 Å². The van der Waals surface area contributed by atoms with Crippen LogP contribution in [-0.4, -0.2) is 22.5 Å². The summed E-state index contributed by atoms with van der Waals surface area (Å²) in [6, 6.07) is 4.94. The molecule has 1 aliphatic rings. The Morgan fingerprint density at radius 2 is 2.38 bits per heavy atom. The number of rotatable bonds is 3. The van der Waals surface area contributed by atoms with Crippen LogP contribution < -0.4 is 11.1 Å². The molecule has 0 amide bonds. The lowest BCUT2D eigenvalue weighted by Gasteiger charge is -2.16. The van der Waals surface area contributed by atoms with Gasteiger partial charge in [-0.15, -0.1) is 0 Å². The number of anilines is 1. The van der Waals surface area contributed by atoms with E-state index in [0.717, 1.165) is 17.9 Å². The zero-order valence-electron chi connectivity index (χ0n) is 8.70. The fraction of sp³-hybridized carbons (Fsp3) is 0.364. The van der Waals surface area contributed by atoms with E-state index in [2.05, 4.69) is 5.32 Å². The summed E-state index contributed by atoms with van der Waals surface area (Å²) in [5, 5.41) is 3.36. The number of thiocarbonyl (C=S) groups is 1. The van der Waals surface area contributed by atoms with Crippen LogP contribution in [0.5, 0.6) is 0 Å². The van der Waals surface area contributed by atoms with Gasteiger partial charge in [0.15, 0.2) is 0 Å². The lowest BCUT2D eigenvalue weighted by molar-refractivity contribution is 0.627. The first-order valence-electron chi connectivity index (χ1n) is 5.10. The summed E-state index contributed by atoms with van der Waals surface area (Å²) in [7, 11) is 0. The van der Waals surface area contributed by atoms with E-state index in [1.165, 1.54) is 17.9 Å². The predicted octanol–water partition coefficient (Wildman–Crippen LogP) is 2.38. The molecular weight excluding hydrogens is 243 g/mol. The Kier molecular flexibility index (Phi) is 3.66. The lowest BCUT2D eigenvalue weighted by Crippen LogP contribution is -2.21. The van der Waals surface area contributed by atoms with E-state index in [9.17, 15) is 4.39 Å². The third-order valence-electron chi connectivity index (χ3n) is 2.54. The van der Waals surface area contributed by atoms with Crippen LogP contribution in [0.4, 0.5) is 10.1 Å². The Morgan fingerprint density at radius 3 is 3.00 bits per heavy atom. The number of thioether (sulfide) groups is 1. The largest absolute Gasteiger partial charge is 0.389 e. The second kappa shape index (κ2) is 5.01. The molecule has 0 saturated carbocycles. The molecule has 0 bridgehead atoms. The number of nitrogens with one attached hydrogen (secondary N) is 1. The second-order valence-electron chi connectivity index (χ2n) is 3.76. The normalized spacial score (nSPS) is 19.7. The average Bonchev–Trinajstić information content (AvgIpc) is 2.73. The first-order chi connectivity index (χ1) is 7.66. The van der Waals surface area contributed by atoms with E-state index >= 15 is 0 Å². The highest BCUT2D eigenvalue weighted by molar-refractivity contribution is 7.99. The number of nitrogens with two attached hydrogens (primary N) is 1. The molecule has 1 aromatic rings. The first kappa shape index (κ1) is 11.7. The molecule has 1 aromatic carbocycles. The summed E-state index contributed by atoms with van der Waals surface area (Å²) >= 11 is 6.83. The van der Waals surface area contributed by atoms with E-state index in [-0.39, 0.29) is 10.8 Å². The fourth-order valence-electron chi connectivity index (χ4n) is 1.71. The van der Waals surface area contributed by atoms with Crippen molar-refractivity contribution in [3.05, 3.63) is 29.6 Å². The molecule has 2 rings (SSSR count). The van der Waals surface area contributed by atoms with E-state index in [1.807, 2.05) is 11.8 Å². The highest BCUT2D eigenvalue weighted by Gasteiger charge is 2.17. The Bertz CT molecular complexity index is 403. The lowest BCUT2D eigenvalue weighted by atomic mass is 10.1. The summed E-state index contributed by atoms with van der Waals surface area (Å²) in [6.45, 7) is 0. The molecule has 1 aliphatic heterocycles. The molecule has 0 spiro atoms. The van der Waals surface area contributed by atoms with Gasteiger partial charge in [0, 0.05) is 23.0 Å². The molecule has 1 heterocycles. The van der Waals surface area contributed by atoms with Gasteiger partial charge in [-0.3, -0.25) is 0 Å². The van der Waals surface area contributed by atoms with E-state index in [1.54, 1.807) is 6.07 Å². The van der Waals surface area contributed by atoms with Gasteiger partial charge in [0.2, 0.25) is 0 Å². The molecule has 16 heavy (non-hydrogen) atoms. The minimum Gasteiger partial charge on any atom is -0.389 e. The molecule has 1 fully saturated rings. The SMILES string of the molecule is NC(=S)c1cc(F)ccc1NC1CCSC1.